The molecule has 2 aromatic carbocycles. The molecule has 1 fully saturated rings. The highest BCUT2D eigenvalue weighted by Crippen LogP contribution is 2.60. The molecule has 7 heteroatoms. The van der Waals surface area contributed by atoms with Crippen LogP contribution in [0.3, 0.4) is 0 Å². The summed E-state index contributed by atoms with van der Waals surface area (Å²) in [5, 5.41) is 3.43. The summed E-state index contributed by atoms with van der Waals surface area (Å²) in [4.78, 5) is 28.7. The number of benzene rings is 2. The predicted octanol–water partition coefficient (Wildman–Crippen LogP) is 5.40. The van der Waals surface area contributed by atoms with Gasteiger partial charge in [-0.3, -0.25) is 9.59 Å². The number of pyridine rings is 1. The highest BCUT2D eigenvalue weighted by atomic mass is 35.5. The number of ketones is 1. The summed E-state index contributed by atoms with van der Waals surface area (Å²) < 4.78 is 12.3. The lowest BCUT2D eigenvalue weighted by molar-refractivity contribution is -0.119. The zero-order valence-corrected chi connectivity index (χ0v) is 19.4. The molecule has 1 aromatic heterocycles. The average molecular weight is 475 g/mol. The third-order valence-electron chi connectivity index (χ3n) is 6.85. The van der Waals surface area contributed by atoms with Gasteiger partial charge in [-0.2, -0.15) is 0 Å². The fraction of sp³-hybridized carbons (Fsp3) is 0.296. The van der Waals surface area contributed by atoms with Crippen molar-refractivity contribution in [2.45, 2.75) is 44.6 Å². The lowest BCUT2D eigenvalue weighted by Crippen LogP contribution is -2.20. The second kappa shape index (κ2) is 8.13. The second-order valence-corrected chi connectivity index (χ2v) is 9.68. The zero-order valence-electron chi connectivity index (χ0n) is 18.6. The van der Waals surface area contributed by atoms with Crippen molar-refractivity contribution in [3.05, 3.63) is 75.9 Å². The standard InChI is InChI=1S/C27H23ClN2O4/c1-14-2-5-21(28)15(10-14)11-16(31)12-20-25-19-13-17(3-6-22(19)34-26(20)25)33-23-8-9-29-27-18(23)4-7-24(32)30-27/h2-3,5-6,8-10,13,20,25-26H,4,7,11-12H2,1H3,(H,29,30,32)/t20-,25-,26+/m0/s1. The van der Waals surface area contributed by atoms with Gasteiger partial charge in [0.1, 0.15) is 35.0 Å². The Morgan fingerprint density at radius 1 is 1.21 bits per heavy atom. The van der Waals surface area contributed by atoms with Crippen LogP contribution in [0.1, 0.15) is 41.0 Å². The van der Waals surface area contributed by atoms with Crippen LogP contribution in [0.25, 0.3) is 0 Å². The number of aryl methyl sites for hydroxylation is 1. The van der Waals surface area contributed by atoms with E-state index in [2.05, 4.69) is 10.3 Å². The summed E-state index contributed by atoms with van der Waals surface area (Å²) >= 11 is 6.28. The van der Waals surface area contributed by atoms with Crippen LogP contribution in [-0.4, -0.2) is 22.8 Å². The quantitative estimate of drug-likeness (QED) is 0.517. The molecule has 0 unspecified atom stereocenters. The number of amides is 1. The minimum absolute atomic E-state index is 0.0307. The Kier molecular flexibility index (Phi) is 5.06. The molecule has 3 atom stereocenters. The molecule has 6 nitrogen and oxygen atoms in total. The Labute approximate surface area is 202 Å². The van der Waals surface area contributed by atoms with Crippen molar-refractivity contribution in [1.29, 1.82) is 0 Å². The normalized spacial score (nSPS) is 21.6. The number of carbonyl (C=O) groups is 2. The lowest BCUT2D eigenvalue weighted by atomic mass is 10.0. The van der Waals surface area contributed by atoms with Crippen molar-refractivity contribution in [1.82, 2.24) is 4.98 Å². The predicted molar refractivity (Wildman–Crippen MR) is 128 cm³/mol. The van der Waals surface area contributed by atoms with Gasteiger partial charge in [0.05, 0.1) is 0 Å². The largest absolute Gasteiger partial charge is 0.489 e. The highest BCUT2D eigenvalue weighted by Gasteiger charge is 2.59. The molecule has 3 aromatic rings. The molecule has 0 bridgehead atoms. The molecule has 1 N–H and O–H groups in total. The maximum absolute atomic E-state index is 12.8. The van der Waals surface area contributed by atoms with Crippen molar-refractivity contribution in [2.75, 3.05) is 5.32 Å². The van der Waals surface area contributed by atoms with Crippen LogP contribution in [0, 0.1) is 12.8 Å². The Morgan fingerprint density at radius 3 is 2.97 bits per heavy atom. The summed E-state index contributed by atoms with van der Waals surface area (Å²) in [7, 11) is 0. The lowest BCUT2D eigenvalue weighted by Gasteiger charge is -2.19. The van der Waals surface area contributed by atoms with Crippen LogP contribution in [0.2, 0.25) is 5.02 Å². The molecular weight excluding hydrogens is 452 g/mol. The number of aromatic nitrogens is 1. The Morgan fingerprint density at radius 2 is 2.09 bits per heavy atom. The minimum Gasteiger partial charge on any atom is -0.489 e. The number of ether oxygens (including phenoxy) is 2. The van der Waals surface area contributed by atoms with Crippen molar-refractivity contribution in [2.24, 2.45) is 5.92 Å². The molecule has 0 radical (unpaired) electrons. The van der Waals surface area contributed by atoms with Gasteiger partial charge in [0.25, 0.3) is 0 Å². The number of carbonyl (C=O) groups excluding carboxylic acids is 2. The second-order valence-electron chi connectivity index (χ2n) is 9.27. The first-order chi connectivity index (χ1) is 16.5. The third-order valence-corrected chi connectivity index (χ3v) is 7.22. The Balaban J connectivity index is 1.15. The van der Waals surface area contributed by atoms with Gasteiger partial charge in [-0.05, 0) is 49.2 Å². The summed E-state index contributed by atoms with van der Waals surface area (Å²) in [5.41, 5.74) is 3.97. The number of Topliss-reactive ketones (excluding diaryl/α,β-unsaturated/α-hetero) is 1. The average Bonchev–Trinajstić information content (AvgIpc) is 3.32. The topological polar surface area (TPSA) is 77.5 Å². The molecule has 3 heterocycles. The van der Waals surface area contributed by atoms with E-state index in [0.717, 1.165) is 28.0 Å². The molecule has 2 aliphatic heterocycles. The fourth-order valence-corrected chi connectivity index (χ4v) is 5.31. The van der Waals surface area contributed by atoms with E-state index in [1.54, 1.807) is 6.20 Å². The van der Waals surface area contributed by atoms with Gasteiger partial charge in [0, 0.05) is 53.4 Å². The van der Waals surface area contributed by atoms with E-state index in [9.17, 15) is 9.59 Å². The number of fused-ring (bicyclic) bond motifs is 4. The molecule has 3 aliphatic rings. The van der Waals surface area contributed by atoms with Crippen LogP contribution in [0.5, 0.6) is 17.2 Å². The Bertz CT molecular complexity index is 1340. The fourth-order valence-electron chi connectivity index (χ4n) is 5.12. The number of rotatable bonds is 6. The summed E-state index contributed by atoms with van der Waals surface area (Å²) in [6.45, 7) is 2.00. The summed E-state index contributed by atoms with van der Waals surface area (Å²) in [6.07, 6.45) is 3.51. The highest BCUT2D eigenvalue weighted by molar-refractivity contribution is 6.31. The van der Waals surface area contributed by atoms with Gasteiger partial charge in [-0.1, -0.05) is 29.3 Å². The SMILES string of the molecule is Cc1ccc(Cl)c(CC(=O)C[C@@H]2[C@H]3Oc4ccc(Oc5ccnc6c5CCC(=O)N6)cc4[C@@H]23)c1. The molecule has 0 saturated heterocycles. The van der Waals surface area contributed by atoms with Crippen molar-refractivity contribution < 1.29 is 19.1 Å². The Hall–Kier alpha value is -3.38. The number of nitrogens with zero attached hydrogens (tertiary/aromatic N) is 1. The molecule has 6 rings (SSSR count). The molecular formula is C27H23ClN2O4. The van der Waals surface area contributed by atoms with Crippen LogP contribution >= 0.6 is 11.6 Å². The first kappa shape index (κ1) is 21.2. The monoisotopic (exact) mass is 474 g/mol. The van der Waals surface area contributed by atoms with Gasteiger partial charge in [0.2, 0.25) is 5.91 Å². The molecule has 34 heavy (non-hydrogen) atoms. The van der Waals surface area contributed by atoms with Crippen molar-refractivity contribution in [3.63, 3.8) is 0 Å². The van der Waals surface area contributed by atoms with E-state index in [1.807, 2.05) is 49.4 Å². The van der Waals surface area contributed by atoms with Gasteiger partial charge in [-0.25, -0.2) is 4.98 Å². The van der Waals surface area contributed by atoms with Crippen LogP contribution < -0.4 is 14.8 Å². The number of halogens is 1. The molecule has 0 spiro atoms. The number of hydrogen-bond donors (Lipinski definition) is 1. The molecule has 1 aliphatic carbocycles. The maximum Gasteiger partial charge on any atom is 0.225 e. The number of anilines is 1. The van der Waals surface area contributed by atoms with Crippen LogP contribution in [0.15, 0.2) is 48.7 Å². The van der Waals surface area contributed by atoms with E-state index >= 15 is 0 Å². The summed E-state index contributed by atoms with van der Waals surface area (Å²) in [6, 6.07) is 13.4. The van der Waals surface area contributed by atoms with E-state index in [4.69, 9.17) is 21.1 Å². The van der Waals surface area contributed by atoms with E-state index < -0.39 is 0 Å². The first-order valence-electron chi connectivity index (χ1n) is 11.5. The van der Waals surface area contributed by atoms with E-state index in [-0.39, 0.29) is 29.6 Å². The number of hydrogen-bond acceptors (Lipinski definition) is 5. The van der Waals surface area contributed by atoms with Gasteiger partial charge in [-0.15, -0.1) is 0 Å². The van der Waals surface area contributed by atoms with Crippen molar-refractivity contribution >= 4 is 29.1 Å². The van der Waals surface area contributed by atoms with E-state index in [0.29, 0.717) is 48.0 Å². The minimum atomic E-state index is -0.0307. The van der Waals surface area contributed by atoms with Crippen LogP contribution in [0.4, 0.5) is 5.82 Å². The third kappa shape index (κ3) is 3.82. The van der Waals surface area contributed by atoms with Gasteiger partial charge in [0.15, 0.2) is 0 Å². The van der Waals surface area contributed by atoms with Gasteiger partial charge < -0.3 is 14.8 Å². The molecule has 1 saturated carbocycles. The van der Waals surface area contributed by atoms with Crippen molar-refractivity contribution in [3.8, 4) is 17.2 Å². The number of nitrogens with one attached hydrogen (secondary N) is 1. The van der Waals surface area contributed by atoms with E-state index in [1.165, 1.54) is 0 Å². The first-order valence-corrected chi connectivity index (χ1v) is 11.9. The zero-order chi connectivity index (χ0) is 23.4. The summed E-state index contributed by atoms with van der Waals surface area (Å²) in [5.74, 6) is 3.36. The maximum atomic E-state index is 12.8. The molecule has 1 amide bonds. The van der Waals surface area contributed by atoms with Gasteiger partial charge >= 0.3 is 0 Å². The van der Waals surface area contributed by atoms with Crippen LogP contribution in [-0.2, 0) is 22.4 Å². The molecule has 172 valence electrons. The smallest absolute Gasteiger partial charge is 0.225 e.